The van der Waals surface area contributed by atoms with Crippen molar-refractivity contribution in [2.24, 2.45) is 0 Å². The van der Waals surface area contributed by atoms with E-state index in [1.165, 1.54) is 6.07 Å². The Bertz CT molecular complexity index is 800. The quantitative estimate of drug-likeness (QED) is 0.772. The fourth-order valence-corrected chi connectivity index (χ4v) is 2.84. The molecule has 2 aromatic rings. The Balaban J connectivity index is 2.19. The van der Waals surface area contributed by atoms with Gasteiger partial charge in [-0.05, 0) is 56.5 Å². The van der Waals surface area contributed by atoms with Crippen LogP contribution in [0.1, 0.15) is 22.9 Å². The van der Waals surface area contributed by atoms with Gasteiger partial charge in [0.15, 0.2) is 0 Å². The van der Waals surface area contributed by atoms with E-state index in [9.17, 15) is 9.59 Å². The van der Waals surface area contributed by atoms with Gasteiger partial charge in [-0.15, -0.1) is 0 Å². The van der Waals surface area contributed by atoms with E-state index in [-0.39, 0.29) is 11.3 Å². The molecule has 1 atom stereocenters. The lowest BCUT2D eigenvalue weighted by molar-refractivity contribution is 0.189. The zero-order valence-corrected chi connectivity index (χ0v) is 13.9. The van der Waals surface area contributed by atoms with Crippen molar-refractivity contribution in [2.75, 3.05) is 0 Å². The van der Waals surface area contributed by atoms with Crippen molar-refractivity contribution in [3.05, 3.63) is 60.5 Å². The first kappa shape index (κ1) is 14.3. The summed E-state index contributed by atoms with van der Waals surface area (Å²) in [6.45, 7) is 1.63. The lowest BCUT2D eigenvalue weighted by atomic mass is 9.98. The number of carbonyl (C=O) groups excluding carboxylic acids is 1. The van der Waals surface area contributed by atoms with E-state index in [4.69, 9.17) is 9.15 Å². The maximum absolute atomic E-state index is 12.1. The highest BCUT2D eigenvalue weighted by molar-refractivity contribution is 9.13. The molecule has 3 rings (SSSR count). The number of fused-ring (bicyclic) bond motifs is 1. The highest BCUT2D eigenvalue weighted by atomic mass is 79.9. The van der Waals surface area contributed by atoms with Gasteiger partial charge in [0.25, 0.3) is 0 Å². The van der Waals surface area contributed by atoms with E-state index < -0.39 is 17.8 Å². The van der Waals surface area contributed by atoms with Gasteiger partial charge >= 0.3 is 11.7 Å². The molecule has 0 radical (unpaired) electrons. The molecule has 1 unspecified atom stereocenters. The number of hydrogen-bond acceptors (Lipinski definition) is 4. The van der Waals surface area contributed by atoms with Crippen molar-refractivity contribution < 1.29 is 13.9 Å². The van der Waals surface area contributed by atoms with Crippen LogP contribution < -0.4 is 15.7 Å². The van der Waals surface area contributed by atoms with E-state index in [0.717, 1.165) is 14.5 Å². The van der Waals surface area contributed by atoms with E-state index in [1.807, 2.05) is 18.2 Å². The fraction of sp³-hybridized carbons (Fsp3) is 0.143. The molecule has 1 amide bonds. The second-order valence-electron chi connectivity index (χ2n) is 4.56. The lowest BCUT2D eigenvalue weighted by Crippen LogP contribution is -2.39. The lowest BCUT2D eigenvalue weighted by Gasteiger charge is -2.25. The van der Waals surface area contributed by atoms with Crippen molar-refractivity contribution in [2.45, 2.75) is 13.0 Å². The zero-order chi connectivity index (χ0) is 15.1. The molecule has 108 valence electrons. The Labute approximate surface area is 136 Å². The molecule has 0 aliphatic carbocycles. The van der Waals surface area contributed by atoms with Gasteiger partial charge in [0.1, 0.15) is 17.1 Å². The van der Waals surface area contributed by atoms with Crippen LogP contribution in [0.3, 0.4) is 0 Å². The third-order valence-electron chi connectivity index (χ3n) is 3.10. The molecule has 2 heterocycles. The van der Waals surface area contributed by atoms with Gasteiger partial charge in [-0.1, -0.05) is 6.07 Å². The SMILES string of the molecule is Cc1cc2c(c(=O)o1)C(c1ccc(Br)c(Br)c1)NC(=O)O2. The summed E-state index contributed by atoms with van der Waals surface area (Å²) in [5.41, 5.74) is 0.516. The third kappa shape index (κ3) is 2.63. The number of hydrogen-bond donors (Lipinski definition) is 1. The first-order valence-electron chi connectivity index (χ1n) is 6.03. The molecule has 21 heavy (non-hydrogen) atoms. The van der Waals surface area contributed by atoms with Gasteiger partial charge in [0.2, 0.25) is 0 Å². The minimum Gasteiger partial charge on any atom is -0.428 e. The molecular formula is C14H9Br2NO4. The van der Waals surface area contributed by atoms with Crippen LogP contribution in [0.2, 0.25) is 0 Å². The number of nitrogens with one attached hydrogen (secondary N) is 1. The van der Waals surface area contributed by atoms with Crippen molar-refractivity contribution in [3.8, 4) is 5.75 Å². The van der Waals surface area contributed by atoms with Crippen LogP contribution in [0.15, 0.2) is 42.4 Å². The molecule has 1 aliphatic heterocycles. The summed E-state index contributed by atoms with van der Waals surface area (Å²) in [5.74, 6) is 0.626. The maximum atomic E-state index is 12.1. The molecule has 0 saturated carbocycles. The second-order valence-corrected chi connectivity index (χ2v) is 6.27. The molecule has 1 aliphatic rings. The number of carbonyl (C=O) groups is 1. The maximum Gasteiger partial charge on any atom is 0.413 e. The first-order chi connectivity index (χ1) is 9.95. The van der Waals surface area contributed by atoms with Crippen LogP contribution in [-0.2, 0) is 0 Å². The fourth-order valence-electron chi connectivity index (χ4n) is 2.20. The summed E-state index contributed by atoms with van der Waals surface area (Å²) in [7, 11) is 0. The molecular weight excluding hydrogens is 406 g/mol. The molecule has 0 spiro atoms. The first-order valence-corrected chi connectivity index (χ1v) is 7.62. The summed E-state index contributed by atoms with van der Waals surface area (Å²) >= 11 is 6.79. The summed E-state index contributed by atoms with van der Waals surface area (Å²) in [6.07, 6.45) is -0.600. The second kappa shape index (κ2) is 5.31. The van der Waals surface area contributed by atoms with E-state index >= 15 is 0 Å². The molecule has 0 bridgehead atoms. The molecule has 1 aromatic carbocycles. The van der Waals surface area contributed by atoms with Crippen molar-refractivity contribution in [1.29, 1.82) is 0 Å². The largest absolute Gasteiger partial charge is 0.428 e. The Kier molecular flexibility index (Phi) is 3.62. The predicted octanol–water partition coefficient (Wildman–Crippen LogP) is 3.66. The van der Waals surface area contributed by atoms with Gasteiger partial charge in [0.05, 0.1) is 6.04 Å². The summed E-state index contributed by atoms with van der Waals surface area (Å²) in [5, 5.41) is 2.64. The van der Waals surface area contributed by atoms with Crippen molar-refractivity contribution in [3.63, 3.8) is 0 Å². The molecule has 0 fully saturated rings. The average molecular weight is 415 g/mol. The number of halogens is 2. The van der Waals surface area contributed by atoms with Gasteiger partial charge in [0, 0.05) is 15.0 Å². The minimum atomic E-state index is -0.609. The Morgan fingerprint density at radius 1 is 1.14 bits per heavy atom. The smallest absolute Gasteiger partial charge is 0.413 e. The van der Waals surface area contributed by atoms with Gasteiger partial charge in [-0.25, -0.2) is 9.59 Å². The van der Waals surface area contributed by atoms with Crippen LogP contribution in [0, 0.1) is 6.92 Å². The van der Waals surface area contributed by atoms with Gasteiger partial charge < -0.3 is 14.5 Å². The monoisotopic (exact) mass is 413 g/mol. The van der Waals surface area contributed by atoms with E-state index in [1.54, 1.807) is 6.92 Å². The van der Waals surface area contributed by atoms with E-state index in [2.05, 4.69) is 37.2 Å². The van der Waals surface area contributed by atoms with Crippen LogP contribution in [-0.4, -0.2) is 6.09 Å². The number of aryl methyl sites for hydroxylation is 1. The highest BCUT2D eigenvalue weighted by Gasteiger charge is 2.31. The minimum absolute atomic E-state index is 0.233. The van der Waals surface area contributed by atoms with Gasteiger partial charge in [-0.2, -0.15) is 0 Å². The summed E-state index contributed by atoms with van der Waals surface area (Å²) < 4.78 is 11.9. The Morgan fingerprint density at radius 3 is 2.62 bits per heavy atom. The third-order valence-corrected chi connectivity index (χ3v) is 4.98. The van der Waals surface area contributed by atoms with Crippen LogP contribution in [0.4, 0.5) is 4.79 Å². The predicted molar refractivity (Wildman–Crippen MR) is 82.6 cm³/mol. The molecule has 1 aromatic heterocycles. The van der Waals surface area contributed by atoms with Crippen LogP contribution in [0.25, 0.3) is 0 Å². The Hall–Kier alpha value is -1.60. The van der Waals surface area contributed by atoms with Crippen molar-refractivity contribution in [1.82, 2.24) is 5.32 Å². The Morgan fingerprint density at radius 2 is 1.90 bits per heavy atom. The van der Waals surface area contributed by atoms with Crippen LogP contribution >= 0.6 is 31.9 Å². The molecule has 1 N–H and O–H groups in total. The van der Waals surface area contributed by atoms with E-state index in [0.29, 0.717) is 5.76 Å². The average Bonchev–Trinajstić information content (AvgIpc) is 2.40. The molecule has 7 heteroatoms. The number of ether oxygens (including phenoxy) is 1. The molecule has 0 saturated heterocycles. The highest BCUT2D eigenvalue weighted by Crippen LogP contribution is 2.34. The number of amides is 1. The molecule has 5 nitrogen and oxygen atoms in total. The topological polar surface area (TPSA) is 68.5 Å². The number of rotatable bonds is 1. The summed E-state index contributed by atoms with van der Waals surface area (Å²) in [4.78, 5) is 23.8. The normalized spacial score (nSPS) is 16.9. The standard InChI is InChI=1S/C14H9Br2NO4/c1-6-4-10-11(13(18)20-6)12(17-14(19)21-10)7-2-3-8(15)9(16)5-7/h2-5,12H,1H3,(H,17,19). The van der Waals surface area contributed by atoms with Gasteiger partial charge in [-0.3, -0.25) is 0 Å². The summed E-state index contributed by atoms with van der Waals surface area (Å²) in [6, 6.07) is 6.40. The van der Waals surface area contributed by atoms with Crippen LogP contribution in [0.5, 0.6) is 5.75 Å². The van der Waals surface area contributed by atoms with Crippen molar-refractivity contribution >= 4 is 38.0 Å². The zero-order valence-electron chi connectivity index (χ0n) is 10.8. The number of benzene rings is 1.